The molecule has 4 aromatic rings. The van der Waals surface area contributed by atoms with Crippen LogP contribution in [0.2, 0.25) is 0 Å². The van der Waals surface area contributed by atoms with Crippen LogP contribution in [0.25, 0.3) is 22.2 Å². The maximum atomic E-state index is 9.01. The number of benzene rings is 1. The molecule has 0 saturated carbocycles. The van der Waals surface area contributed by atoms with E-state index in [0.717, 1.165) is 76.8 Å². The predicted molar refractivity (Wildman–Crippen MR) is 164 cm³/mol. The first-order valence-corrected chi connectivity index (χ1v) is 13.0. The highest BCUT2D eigenvalue weighted by Crippen LogP contribution is 2.32. The van der Waals surface area contributed by atoms with Gasteiger partial charge < -0.3 is 9.84 Å². The van der Waals surface area contributed by atoms with E-state index in [9.17, 15) is 0 Å². The van der Waals surface area contributed by atoms with E-state index in [2.05, 4.69) is 51.5 Å². The number of likely N-dealkylation sites (tertiary alicyclic amines) is 1. The molecule has 1 aliphatic rings. The molecule has 1 fully saturated rings. The van der Waals surface area contributed by atoms with Gasteiger partial charge in [0, 0.05) is 34.1 Å². The smallest absolute Gasteiger partial charge is 0.170 e. The highest BCUT2D eigenvalue weighted by Gasteiger charge is 2.21. The van der Waals surface area contributed by atoms with Crippen LogP contribution in [0, 0.1) is 24.2 Å². The van der Waals surface area contributed by atoms with E-state index in [1.807, 2.05) is 44.6 Å². The van der Waals surface area contributed by atoms with Crippen LogP contribution in [0.4, 0.5) is 0 Å². The number of thiophene rings is 1. The van der Waals surface area contributed by atoms with Crippen LogP contribution in [0.15, 0.2) is 53.2 Å². The van der Waals surface area contributed by atoms with Gasteiger partial charge in [-0.15, -0.1) is 48.6 Å². The third-order valence-electron chi connectivity index (χ3n) is 6.55. The Morgan fingerprint density at radius 3 is 2.45 bits per heavy atom. The Balaban J connectivity index is 0.00000115. The lowest BCUT2D eigenvalue weighted by Crippen LogP contribution is -2.33. The molecular weight excluding hydrogens is 561 g/mol. The standard InChI is InChI=1S/C26H26N4OS.C2H7N.3ClH/c1-18-22(24-4-2-3-13-28-24)8-9-23-25(29-31-26(18)23)10-5-19-11-14-30(15-12-19)17-21-7-6-20(16-27)32-21;1-3-2;;;/h2-4,6-9,13,19H,5,10-12,14-15,17H2,1H3;3H,1-2H3;3*1H. The van der Waals surface area contributed by atoms with Gasteiger partial charge in [0.25, 0.3) is 0 Å². The fourth-order valence-electron chi connectivity index (χ4n) is 4.68. The Morgan fingerprint density at radius 1 is 1.08 bits per heavy atom. The highest BCUT2D eigenvalue weighted by atomic mass is 35.5. The maximum absolute atomic E-state index is 9.01. The lowest BCUT2D eigenvalue weighted by molar-refractivity contribution is 0.173. The fraction of sp³-hybridized carbons (Fsp3) is 0.393. The minimum Gasteiger partial charge on any atom is -0.356 e. The number of hydrogen-bond acceptors (Lipinski definition) is 7. The van der Waals surface area contributed by atoms with Gasteiger partial charge >= 0.3 is 0 Å². The largest absolute Gasteiger partial charge is 0.356 e. The Bertz CT molecular complexity index is 1280. The van der Waals surface area contributed by atoms with Crippen molar-refractivity contribution in [2.24, 2.45) is 5.92 Å². The summed E-state index contributed by atoms with van der Waals surface area (Å²) in [5.74, 6) is 0.727. The molecule has 0 amide bonds. The molecule has 0 aliphatic carbocycles. The SMILES string of the molecule is CNC.Cc1c(-c2ccccn2)ccc2c(CCC3CCN(Cc4ccc(C#N)s4)CC3)noc12.Cl.Cl.Cl. The molecule has 1 N–H and O–H groups in total. The second-order valence-corrected chi connectivity index (χ2v) is 10.3. The number of hydrogen-bond donors (Lipinski definition) is 1. The molecule has 1 aromatic carbocycles. The summed E-state index contributed by atoms with van der Waals surface area (Å²) in [6.45, 7) is 5.29. The lowest BCUT2D eigenvalue weighted by Gasteiger charge is -2.31. The monoisotopic (exact) mass is 595 g/mol. The van der Waals surface area contributed by atoms with Crippen molar-refractivity contribution in [3.8, 4) is 17.3 Å². The number of fused-ring (bicyclic) bond motifs is 1. The zero-order chi connectivity index (χ0) is 24.6. The molecule has 5 rings (SSSR count). The molecule has 0 unspecified atom stereocenters. The third kappa shape index (κ3) is 8.41. The number of piperidine rings is 1. The molecule has 10 heteroatoms. The summed E-state index contributed by atoms with van der Waals surface area (Å²) in [6, 6.07) is 16.5. The van der Waals surface area contributed by atoms with Gasteiger partial charge in [-0.3, -0.25) is 9.88 Å². The number of rotatable bonds is 6. The number of nitrogens with one attached hydrogen (secondary N) is 1. The average Bonchev–Trinajstić information content (AvgIpc) is 3.52. The number of aromatic nitrogens is 2. The summed E-state index contributed by atoms with van der Waals surface area (Å²) >= 11 is 1.61. The molecule has 6 nitrogen and oxygen atoms in total. The van der Waals surface area contributed by atoms with Crippen LogP contribution < -0.4 is 5.32 Å². The molecule has 0 spiro atoms. The van der Waals surface area contributed by atoms with Crippen molar-refractivity contribution in [2.45, 2.75) is 39.2 Å². The van der Waals surface area contributed by atoms with Gasteiger partial charge in [-0.25, -0.2) is 0 Å². The molecule has 0 bridgehead atoms. The van der Waals surface area contributed by atoms with E-state index in [0.29, 0.717) is 0 Å². The normalized spacial score (nSPS) is 13.3. The maximum Gasteiger partial charge on any atom is 0.170 e. The quantitative estimate of drug-likeness (QED) is 0.256. The second kappa shape index (κ2) is 16.7. The summed E-state index contributed by atoms with van der Waals surface area (Å²) in [5, 5.41) is 17.3. The van der Waals surface area contributed by atoms with Gasteiger partial charge in [0.1, 0.15) is 10.9 Å². The minimum absolute atomic E-state index is 0. The summed E-state index contributed by atoms with van der Waals surface area (Å²) in [7, 11) is 3.75. The molecule has 1 saturated heterocycles. The van der Waals surface area contributed by atoms with Gasteiger partial charge in [-0.1, -0.05) is 17.3 Å². The molecule has 4 heterocycles. The van der Waals surface area contributed by atoms with Crippen molar-refractivity contribution in [1.29, 1.82) is 5.26 Å². The van der Waals surface area contributed by atoms with Gasteiger partial charge in [-0.2, -0.15) is 5.26 Å². The molecule has 3 aromatic heterocycles. The van der Waals surface area contributed by atoms with E-state index < -0.39 is 0 Å². The first-order chi connectivity index (χ1) is 17.1. The molecular formula is C28H36Cl3N5OS. The summed E-state index contributed by atoms with van der Waals surface area (Å²) in [4.78, 5) is 9.08. The van der Waals surface area contributed by atoms with Crippen LogP contribution in [0.1, 0.15) is 40.3 Å². The topological polar surface area (TPSA) is 78.0 Å². The van der Waals surface area contributed by atoms with Crippen molar-refractivity contribution in [1.82, 2.24) is 20.4 Å². The molecule has 1 aliphatic heterocycles. The Kier molecular flexibility index (Phi) is 14.9. The summed E-state index contributed by atoms with van der Waals surface area (Å²) in [5.41, 5.74) is 5.11. The fourth-order valence-corrected chi connectivity index (χ4v) is 5.53. The van der Waals surface area contributed by atoms with Gasteiger partial charge in [0.05, 0.1) is 11.4 Å². The van der Waals surface area contributed by atoms with Crippen LogP contribution in [0.3, 0.4) is 0 Å². The van der Waals surface area contributed by atoms with E-state index >= 15 is 0 Å². The number of pyridine rings is 1. The number of nitriles is 1. The minimum atomic E-state index is 0. The van der Waals surface area contributed by atoms with Crippen LogP contribution in [-0.2, 0) is 13.0 Å². The van der Waals surface area contributed by atoms with Crippen molar-refractivity contribution < 1.29 is 4.52 Å². The van der Waals surface area contributed by atoms with E-state index in [1.54, 1.807) is 11.3 Å². The van der Waals surface area contributed by atoms with Crippen molar-refractivity contribution in [3.05, 3.63) is 69.7 Å². The second-order valence-electron chi connectivity index (χ2n) is 9.10. The van der Waals surface area contributed by atoms with Crippen molar-refractivity contribution >= 4 is 59.5 Å². The summed E-state index contributed by atoms with van der Waals surface area (Å²) < 4.78 is 5.77. The first kappa shape index (κ1) is 33.8. The van der Waals surface area contributed by atoms with E-state index in [-0.39, 0.29) is 37.2 Å². The third-order valence-corrected chi connectivity index (χ3v) is 7.53. The van der Waals surface area contributed by atoms with E-state index in [4.69, 9.17) is 9.78 Å². The van der Waals surface area contributed by atoms with Crippen molar-refractivity contribution in [3.63, 3.8) is 0 Å². The number of nitrogens with zero attached hydrogens (tertiary/aromatic N) is 4. The van der Waals surface area contributed by atoms with Crippen molar-refractivity contribution in [2.75, 3.05) is 27.2 Å². The number of aryl methyl sites for hydroxylation is 2. The lowest BCUT2D eigenvalue weighted by atomic mass is 9.91. The van der Waals surface area contributed by atoms with E-state index in [1.165, 1.54) is 17.7 Å². The molecule has 206 valence electrons. The van der Waals surface area contributed by atoms with Crippen LogP contribution in [0.5, 0.6) is 0 Å². The number of halogens is 3. The van der Waals surface area contributed by atoms with Gasteiger partial charge in [-0.05, 0) is 96.0 Å². The summed E-state index contributed by atoms with van der Waals surface area (Å²) in [6.07, 6.45) is 6.36. The zero-order valence-corrected chi connectivity index (χ0v) is 25.2. The molecule has 0 radical (unpaired) electrons. The Labute approximate surface area is 248 Å². The first-order valence-electron chi connectivity index (χ1n) is 12.2. The molecule has 0 atom stereocenters. The highest BCUT2D eigenvalue weighted by molar-refractivity contribution is 7.12. The predicted octanol–water partition coefficient (Wildman–Crippen LogP) is 7.08. The van der Waals surface area contributed by atoms with Gasteiger partial charge in [0.15, 0.2) is 5.58 Å². The zero-order valence-electron chi connectivity index (χ0n) is 22.0. The Morgan fingerprint density at radius 2 is 1.82 bits per heavy atom. The molecule has 38 heavy (non-hydrogen) atoms. The van der Waals surface area contributed by atoms with Crippen LogP contribution >= 0.6 is 48.6 Å². The average molecular weight is 597 g/mol. The van der Waals surface area contributed by atoms with Crippen LogP contribution in [-0.4, -0.2) is 42.2 Å². The van der Waals surface area contributed by atoms with Gasteiger partial charge in [0.2, 0.25) is 0 Å². The Hall–Kier alpha value is -2.18.